The lowest BCUT2D eigenvalue weighted by Crippen LogP contribution is -2.11. The molecular formula is C20H14O2. The summed E-state index contributed by atoms with van der Waals surface area (Å²) in [5.41, 5.74) is 4.84. The van der Waals surface area contributed by atoms with Gasteiger partial charge in [0.2, 0.25) is 0 Å². The average Bonchev–Trinajstić information content (AvgIpc) is 2.61. The molecule has 3 aromatic carbocycles. The third-order valence-corrected chi connectivity index (χ3v) is 4.45. The summed E-state index contributed by atoms with van der Waals surface area (Å²) in [4.78, 5) is 0. The van der Waals surface area contributed by atoms with Crippen molar-refractivity contribution in [3.63, 3.8) is 0 Å². The van der Waals surface area contributed by atoms with E-state index in [1.54, 1.807) is 0 Å². The van der Waals surface area contributed by atoms with Gasteiger partial charge in [-0.3, -0.25) is 0 Å². The molecule has 0 fully saturated rings. The molecule has 5 rings (SSSR count). The van der Waals surface area contributed by atoms with Crippen molar-refractivity contribution in [2.75, 3.05) is 6.61 Å². The van der Waals surface area contributed by atoms with Gasteiger partial charge in [0.25, 0.3) is 0 Å². The normalized spacial score (nSPS) is 14.5. The van der Waals surface area contributed by atoms with E-state index in [9.17, 15) is 0 Å². The summed E-state index contributed by atoms with van der Waals surface area (Å²) >= 11 is 0. The fourth-order valence-electron chi connectivity index (χ4n) is 3.51. The minimum absolute atomic E-state index is 0.590. The van der Waals surface area contributed by atoms with E-state index in [-0.39, 0.29) is 0 Å². The third-order valence-electron chi connectivity index (χ3n) is 4.45. The fourth-order valence-corrected chi connectivity index (χ4v) is 3.51. The third kappa shape index (κ3) is 1.49. The Balaban J connectivity index is 1.99. The van der Waals surface area contributed by atoms with E-state index in [1.165, 1.54) is 27.5 Å². The van der Waals surface area contributed by atoms with Gasteiger partial charge in [-0.05, 0) is 17.5 Å². The van der Waals surface area contributed by atoms with E-state index >= 15 is 0 Å². The molecule has 0 aromatic heterocycles. The van der Waals surface area contributed by atoms with Gasteiger partial charge in [-0.2, -0.15) is 0 Å². The van der Waals surface area contributed by atoms with Crippen LogP contribution in [0, 0.1) is 0 Å². The zero-order valence-electron chi connectivity index (χ0n) is 12.0. The maximum atomic E-state index is 5.98. The van der Waals surface area contributed by atoms with Crippen LogP contribution in [0.15, 0.2) is 54.6 Å². The van der Waals surface area contributed by atoms with Crippen LogP contribution in [0.4, 0.5) is 0 Å². The Bertz CT molecular complexity index is 938. The van der Waals surface area contributed by atoms with Crippen LogP contribution in [0.2, 0.25) is 0 Å². The highest BCUT2D eigenvalue weighted by atomic mass is 16.5. The second kappa shape index (κ2) is 4.38. The second-order valence-corrected chi connectivity index (χ2v) is 5.64. The molecule has 0 saturated heterocycles. The van der Waals surface area contributed by atoms with Crippen molar-refractivity contribution in [1.82, 2.24) is 0 Å². The summed E-state index contributed by atoms with van der Waals surface area (Å²) < 4.78 is 11.9. The molecule has 22 heavy (non-hydrogen) atoms. The molecule has 0 saturated carbocycles. The number of para-hydroxylation sites is 1. The van der Waals surface area contributed by atoms with E-state index in [0.29, 0.717) is 13.2 Å². The van der Waals surface area contributed by atoms with Gasteiger partial charge in [0.15, 0.2) is 0 Å². The minimum atomic E-state index is 0.590. The molecule has 0 radical (unpaired) electrons. The SMILES string of the molecule is C1=Cc2c3c(c4ccccc4c2OC1)-c1ccccc1OC3. The van der Waals surface area contributed by atoms with E-state index < -0.39 is 0 Å². The Hall–Kier alpha value is -2.74. The number of hydrogen-bond donors (Lipinski definition) is 0. The number of rotatable bonds is 0. The van der Waals surface area contributed by atoms with Crippen LogP contribution in [-0.4, -0.2) is 6.61 Å². The molecule has 2 aliphatic rings. The Labute approximate surface area is 128 Å². The van der Waals surface area contributed by atoms with Gasteiger partial charge in [-0.1, -0.05) is 48.5 Å². The average molecular weight is 286 g/mol. The van der Waals surface area contributed by atoms with Crippen LogP contribution in [0.5, 0.6) is 11.5 Å². The van der Waals surface area contributed by atoms with Gasteiger partial charge < -0.3 is 9.47 Å². The highest BCUT2D eigenvalue weighted by Crippen LogP contribution is 2.47. The van der Waals surface area contributed by atoms with Gasteiger partial charge in [0, 0.05) is 27.6 Å². The Morgan fingerprint density at radius 1 is 0.818 bits per heavy atom. The molecule has 0 amide bonds. The van der Waals surface area contributed by atoms with Gasteiger partial charge in [0.05, 0.1) is 0 Å². The van der Waals surface area contributed by atoms with Crippen LogP contribution >= 0.6 is 0 Å². The lowest BCUT2D eigenvalue weighted by Gasteiger charge is -2.27. The summed E-state index contributed by atoms with van der Waals surface area (Å²) in [6, 6.07) is 16.8. The van der Waals surface area contributed by atoms with E-state index in [4.69, 9.17) is 9.47 Å². The lowest BCUT2D eigenvalue weighted by molar-refractivity contribution is 0.300. The topological polar surface area (TPSA) is 18.5 Å². The van der Waals surface area contributed by atoms with Crippen LogP contribution in [0.1, 0.15) is 11.1 Å². The van der Waals surface area contributed by atoms with Crippen molar-refractivity contribution >= 4 is 16.8 Å². The molecule has 0 unspecified atom stereocenters. The van der Waals surface area contributed by atoms with E-state index in [1.807, 2.05) is 12.1 Å². The first-order chi connectivity index (χ1) is 10.9. The first kappa shape index (κ1) is 11.9. The van der Waals surface area contributed by atoms with Crippen LogP contribution < -0.4 is 9.47 Å². The fraction of sp³-hybridized carbons (Fsp3) is 0.100. The molecule has 0 aliphatic carbocycles. The minimum Gasteiger partial charge on any atom is -0.488 e. The summed E-state index contributed by atoms with van der Waals surface area (Å²) in [6.45, 7) is 1.22. The monoisotopic (exact) mass is 286 g/mol. The van der Waals surface area contributed by atoms with Gasteiger partial charge in [-0.15, -0.1) is 0 Å². The lowest BCUT2D eigenvalue weighted by atomic mass is 9.87. The summed E-state index contributed by atoms with van der Waals surface area (Å²) in [6.07, 6.45) is 4.24. The zero-order chi connectivity index (χ0) is 14.5. The number of ether oxygens (including phenoxy) is 2. The quantitative estimate of drug-likeness (QED) is 0.590. The van der Waals surface area contributed by atoms with Crippen molar-refractivity contribution in [1.29, 1.82) is 0 Å². The standard InChI is InChI=1S/C20H14O2/c1-2-7-14-13(6-1)19-16-8-3-4-10-18(16)22-12-17(19)15-9-5-11-21-20(14)15/h1-10H,11-12H2. The number of benzene rings is 3. The summed E-state index contributed by atoms with van der Waals surface area (Å²) in [7, 11) is 0. The highest BCUT2D eigenvalue weighted by molar-refractivity contribution is 6.06. The van der Waals surface area contributed by atoms with E-state index in [2.05, 4.69) is 48.6 Å². The van der Waals surface area contributed by atoms with Crippen molar-refractivity contribution < 1.29 is 9.47 Å². The molecule has 0 spiro atoms. The van der Waals surface area contributed by atoms with Crippen molar-refractivity contribution in [3.05, 3.63) is 65.7 Å². The van der Waals surface area contributed by atoms with Gasteiger partial charge in [0.1, 0.15) is 24.7 Å². The molecular weight excluding hydrogens is 272 g/mol. The van der Waals surface area contributed by atoms with E-state index in [0.717, 1.165) is 17.1 Å². The summed E-state index contributed by atoms with van der Waals surface area (Å²) in [5, 5.41) is 2.42. The van der Waals surface area contributed by atoms with Crippen LogP contribution in [0.3, 0.4) is 0 Å². The van der Waals surface area contributed by atoms with Crippen LogP contribution in [0.25, 0.3) is 28.0 Å². The molecule has 3 aromatic rings. The molecule has 0 atom stereocenters. The number of hydrogen-bond acceptors (Lipinski definition) is 2. The smallest absolute Gasteiger partial charge is 0.135 e. The highest BCUT2D eigenvalue weighted by Gasteiger charge is 2.26. The maximum Gasteiger partial charge on any atom is 0.135 e. The van der Waals surface area contributed by atoms with Crippen molar-refractivity contribution in [2.24, 2.45) is 0 Å². The molecule has 0 bridgehead atoms. The largest absolute Gasteiger partial charge is 0.488 e. The van der Waals surface area contributed by atoms with Crippen LogP contribution in [-0.2, 0) is 6.61 Å². The van der Waals surface area contributed by atoms with Crippen molar-refractivity contribution in [2.45, 2.75) is 6.61 Å². The predicted octanol–water partition coefficient (Wildman–Crippen LogP) is 4.80. The van der Waals surface area contributed by atoms with Gasteiger partial charge in [-0.25, -0.2) is 0 Å². The van der Waals surface area contributed by atoms with Gasteiger partial charge >= 0.3 is 0 Å². The number of fused-ring (bicyclic) bond motifs is 8. The van der Waals surface area contributed by atoms with Crippen molar-refractivity contribution in [3.8, 4) is 22.6 Å². The molecule has 0 N–H and O–H groups in total. The molecule has 2 nitrogen and oxygen atoms in total. The Morgan fingerprint density at radius 2 is 1.64 bits per heavy atom. The second-order valence-electron chi connectivity index (χ2n) is 5.64. The molecule has 106 valence electrons. The Kier molecular flexibility index (Phi) is 2.36. The zero-order valence-corrected chi connectivity index (χ0v) is 12.0. The summed E-state index contributed by atoms with van der Waals surface area (Å²) in [5.74, 6) is 1.95. The maximum absolute atomic E-state index is 5.98. The first-order valence-electron chi connectivity index (χ1n) is 7.52. The molecule has 2 aliphatic heterocycles. The first-order valence-corrected chi connectivity index (χ1v) is 7.52. The Morgan fingerprint density at radius 3 is 2.59 bits per heavy atom. The predicted molar refractivity (Wildman–Crippen MR) is 88.2 cm³/mol. The molecule has 2 heterocycles. The molecule has 2 heteroatoms.